The van der Waals surface area contributed by atoms with Crippen LogP contribution in [0.15, 0.2) is 42.5 Å². The van der Waals surface area contributed by atoms with Crippen LogP contribution in [0, 0.1) is 0 Å². The summed E-state index contributed by atoms with van der Waals surface area (Å²) < 4.78 is 12.1. The van der Waals surface area contributed by atoms with Crippen molar-refractivity contribution in [2.24, 2.45) is 0 Å². The number of anilines is 1. The van der Waals surface area contributed by atoms with Gasteiger partial charge in [0.15, 0.2) is 5.13 Å². The summed E-state index contributed by atoms with van der Waals surface area (Å²) in [5.41, 5.74) is 1.68. The van der Waals surface area contributed by atoms with Gasteiger partial charge in [-0.05, 0) is 48.9 Å². The molecule has 0 unspecified atom stereocenters. The van der Waals surface area contributed by atoms with Gasteiger partial charge in [0.2, 0.25) is 0 Å². The smallest absolute Gasteiger partial charge is 0.251 e. The average Bonchev–Trinajstić information content (AvgIpc) is 3.28. The fraction of sp³-hybridized carbons (Fsp3) is 0.440. The molecule has 1 aliphatic heterocycles. The largest absolute Gasteiger partial charge is 0.497 e. The van der Waals surface area contributed by atoms with Gasteiger partial charge < -0.3 is 19.7 Å². The van der Waals surface area contributed by atoms with Gasteiger partial charge in [0.05, 0.1) is 23.9 Å². The Labute approximate surface area is 199 Å². The van der Waals surface area contributed by atoms with E-state index in [4.69, 9.17) is 14.5 Å². The zero-order valence-corrected chi connectivity index (χ0v) is 20.2. The zero-order chi connectivity index (χ0) is 23.0. The Balaban J connectivity index is 1.19. The highest BCUT2D eigenvalue weighted by Crippen LogP contribution is 2.31. The number of piperazine rings is 1. The number of carbonyl (C=O) groups excluding carboxylic acids is 1. The van der Waals surface area contributed by atoms with Crippen LogP contribution in [-0.2, 0) is 0 Å². The van der Waals surface area contributed by atoms with E-state index in [1.807, 2.05) is 42.5 Å². The number of benzene rings is 2. The maximum absolute atomic E-state index is 12.4. The van der Waals surface area contributed by atoms with E-state index in [0.29, 0.717) is 18.7 Å². The molecule has 1 fully saturated rings. The number of unbranched alkanes of at least 4 members (excludes halogenated alkanes) is 1. The molecule has 1 saturated heterocycles. The molecule has 7 nitrogen and oxygen atoms in total. The van der Waals surface area contributed by atoms with Crippen LogP contribution in [0.3, 0.4) is 0 Å². The van der Waals surface area contributed by atoms with E-state index in [2.05, 4.69) is 22.0 Å². The highest BCUT2D eigenvalue weighted by molar-refractivity contribution is 7.22. The van der Waals surface area contributed by atoms with Crippen LogP contribution < -0.4 is 19.7 Å². The summed E-state index contributed by atoms with van der Waals surface area (Å²) in [5.74, 6) is 1.63. The molecule has 0 atom stereocenters. The van der Waals surface area contributed by atoms with Gasteiger partial charge in [0.25, 0.3) is 5.91 Å². The van der Waals surface area contributed by atoms with Gasteiger partial charge in [-0.15, -0.1) is 0 Å². The molecule has 1 N–H and O–H groups in total. The first-order chi connectivity index (χ1) is 16.2. The number of nitrogens with one attached hydrogen (secondary N) is 1. The number of thiazole rings is 1. The number of hydrogen-bond acceptors (Lipinski definition) is 7. The molecule has 1 amide bonds. The van der Waals surface area contributed by atoms with Crippen LogP contribution in [0.1, 0.15) is 30.1 Å². The predicted octanol–water partition coefficient (Wildman–Crippen LogP) is 4.04. The van der Waals surface area contributed by atoms with Crippen LogP contribution in [-0.4, -0.2) is 68.8 Å². The first kappa shape index (κ1) is 23.3. The Morgan fingerprint density at radius 3 is 2.58 bits per heavy atom. The SMILES string of the molecule is CCCCOc1ccc(C(=O)NCCN2CCN(c3nc4ccc(OC)cc4s3)CC2)cc1. The van der Waals surface area contributed by atoms with Crippen LogP contribution in [0.5, 0.6) is 11.5 Å². The minimum atomic E-state index is -0.0429. The van der Waals surface area contributed by atoms with Crippen molar-refractivity contribution in [3.63, 3.8) is 0 Å². The highest BCUT2D eigenvalue weighted by Gasteiger charge is 2.20. The summed E-state index contributed by atoms with van der Waals surface area (Å²) >= 11 is 1.71. The van der Waals surface area contributed by atoms with E-state index in [9.17, 15) is 4.79 Å². The second-order valence-corrected chi connectivity index (χ2v) is 9.15. The third kappa shape index (κ3) is 6.15. The third-order valence-corrected chi connectivity index (χ3v) is 6.90. The Morgan fingerprint density at radius 1 is 1.09 bits per heavy atom. The molecule has 0 bridgehead atoms. The maximum atomic E-state index is 12.4. The molecular weight excluding hydrogens is 436 g/mol. The lowest BCUT2D eigenvalue weighted by Crippen LogP contribution is -2.48. The number of ether oxygens (including phenoxy) is 2. The molecule has 1 aromatic heterocycles. The minimum absolute atomic E-state index is 0.0429. The predicted molar refractivity (Wildman–Crippen MR) is 134 cm³/mol. The fourth-order valence-corrected chi connectivity index (χ4v) is 4.83. The minimum Gasteiger partial charge on any atom is -0.497 e. The van der Waals surface area contributed by atoms with Crippen molar-refractivity contribution in [3.05, 3.63) is 48.0 Å². The molecule has 4 rings (SSSR count). The second-order valence-electron chi connectivity index (χ2n) is 8.14. The van der Waals surface area contributed by atoms with E-state index in [1.165, 1.54) is 0 Å². The second kappa shape index (κ2) is 11.3. The molecule has 0 saturated carbocycles. The van der Waals surface area contributed by atoms with E-state index in [-0.39, 0.29) is 5.91 Å². The van der Waals surface area contributed by atoms with Gasteiger partial charge in [0.1, 0.15) is 11.5 Å². The molecular formula is C25H32N4O3S. The number of methoxy groups -OCH3 is 1. The number of amides is 1. The number of nitrogens with zero attached hydrogens (tertiary/aromatic N) is 3. The summed E-state index contributed by atoms with van der Waals surface area (Å²) in [4.78, 5) is 21.9. The number of hydrogen-bond donors (Lipinski definition) is 1. The van der Waals surface area contributed by atoms with Gasteiger partial charge in [-0.2, -0.15) is 0 Å². The fourth-order valence-electron chi connectivity index (χ4n) is 3.78. The van der Waals surface area contributed by atoms with Gasteiger partial charge >= 0.3 is 0 Å². The number of fused-ring (bicyclic) bond motifs is 1. The average molecular weight is 469 g/mol. The van der Waals surface area contributed by atoms with Crippen molar-refractivity contribution >= 4 is 32.6 Å². The molecule has 33 heavy (non-hydrogen) atoms. The van der Waals surface area contributed by atoms with E-state index >= 15 is 0 Å². The van der Waals surface area contributed by atoms with Crippen molar-refractivity contribution < 1.29 is 14.3 Å². The van der Waals surface area contributed by atoms with Crippen molar-refractivity contribution in [1.82, 2.24) is 15.2 Å². The van der Waals surface area contributed by atoms with E-state index in [1.54, 1.807) is 18.4 Å². The molecule has 2 aromatic carbocycles. The van der Waals surface area contributed by atoms with Crippen molar-refractivity contribution in [3.8, 4) is 11.5 Å². The first-order valence-electron chi connectivity index (χ1n) is 11.6. The van der Waals surface area contributed by atoms with Gasteiger partial charge in [-0.25, -0.2) is 4.98 Å². The van der Waals surface area contributed by atoms with Crippen LogP contribution in [0.25, 0.3) is 10.2 Å². The van der Waals surface area contributed by atoms with Gasteiger partial charge in [-0.1, -0.05) is 24.7 Å². The Morgan fingerprint density at radius 2 is 1.85 bits per heavy atom. The Bertz CT molecular complexity index is 1050. The summed E-state index contributed by atoms with van der Waals surface area (Å²) in [6.07, 6.45) is 2.14. The third-order valence-electron chi connectivity index (χ3n) is 5.82. The van der Waals surface area contributed by atoms with Gasteiger partial charge in [-0.3, -0.25) is 9.69 Å². The lowest BCUT2D eigenvalue weighted by Gasteiger charge is -2.34. The lowest BCUT2D eigenvalue weighted by molar-refractivity contribution is 0.0947. The summed E-state index contributed by atoms with van der Waals surface area (Å²) in [6, 6.07) is 13.4. The Hall–Kier alpha value is -2.84. The molecule has 0 spiro atoms. The number of carbonyl (C=O) groups is 1. The summed E-state index contributed by atoms with van der Waals surface area (Å²) in [7, 11) is 1.69. The van der Waals surface area contributed by atoms with Crippen molar-refractivity contribution in [2.75, 3.05) is 57.9 Å². The molecule has 2 heterocycles. The van der Waals surface area contributed by atoms with Crippen molar-refractivity contribution in [1.29, 1.82) is 0 Å². The topological polar surface area (TPSA) is 66.9 Å². The normalized spacial score (nSPS) is 14.4. The van der Waals surface area contributed by atoms with E-state index < -0.39 is 0 Å². The van der Waals surface area contributed by atoms with Crippen LogP contribution >= 0.6 is 11.3 Å². The highest BCUT2D eigenvalue weighted by atomic mass is 32.1. The molecule has 176 valence electrons. The summed E-state index contributed by atoms with van der Waals surface area (Å²) in [5, 5.41) is 4.10. The van der Waals surface area contributed by atoms with Crippen LogP contribution in [0.4, 0.5) is 5.13 Å². The molecule has 8 heteroatoms. The number of rotatable bonds is 10. The standard InChI is InChI=1S/C25H32N4O3S/c1-3-4-17-32-20-7-5-19(6-8-20)24(30)26-11-12-28-13-15-29(16-14-28)25-27-22-10-9-21(31-2)18-23(22)33-25/h5-10,18H,3-4,11-17H2,1-2H3,(H,26,30). The van der Waals surface area contributed by atoms with Crippen LogP contribution in [0.2, 0.25) is 0 Å². The van der Waals surface area contributed by atoms with E-state index in [0.717, 1.165) is 72.4 Å². The molecule has 3 aromatic rings. The van der Waals surface area contributed by atoms with Gasteiger partial charge in [0, 0.05) is 44.8 Å². The number of aromatic nitrogens is 1. The summed E-state index contributed by atoms with van der Waals surface area (Å²) in [6.45, 7) is 8.11. The maximum Gasteiger partial charge on any atom is 0.251 e. The zero-order valence-electron chi connectivity index (χ0n) is 19.4. The molecule has 0 radical (unpaired) electrons. The quantitative estimate of drug-likeness (QED) is 0.453. The van der Waals surface area contributed by atoms with Crippen molar-refractivity contribution in [2.45, 2.75) is 19.8 Å². The Kier molecular flexibility index (Phi) is 8.01. The lowest BCUT2D eigenvalue weighted by atomic mass is 10.2. The molecule has 0 aliphatic carbocycles. The first-order valence-corrected chi connectivity index (χ1v) is 12.4. The molecule has 1 aliphatic rings. The monoisotopic (exact) mass is 468 g/mol.